The van der Waals surface area contributed by atoms with Crippen LogP contribution in [0, 0.1) is 0 Å². The molecule has 5 aliphatic heterocycles. The van der Waals surface area contributed by atoms with Crippen LogP contribution in [0.15, 0.2) is 141 Å². The van der Waals surface area contributed by atoms with Crippen molar-refractivity contribution in [3.8, 4) is 46.0 Å². The van der Waals surface area contributed by atoms with E-state index in [0.717, 1.165) is 14.2 Å². The first-order valence-electron chi connectivity index (χ1n) is 29.6. The fourth-order valence-corrected chi connectivity index (χ4v) is 8.22. The number of aliphatic hydroxyl groups excluding tert-OH is 2. The minimum absolute atomic E-state index is 0. The first-order valence-corrected chi connectivity index (χ1v) is 32.4. The fraction of sp³-hybridized carbons (Fsp3) is 0.375. The topological polar surface area (TPSA) is 363 Å². The molecular formula is C64H76Co2F6N8O14S2. The van der Waals surface area contributed by atoms with Crippen LogP contribution in [0.2, 0.25) is 0 Å². The normalized spacial score (nSPS) is 14.9. The molecule has 0 radical (unpaired) electrons. The summed E-state index contributed by atoms with van der Waals surface area (Å²) in [6.07, 6.45) is 22.4. The SMILES string of the molecule is C1CCNCC1.C1CCNCC1.C1CCNCC1.C1CCNCC1.CO.CO.O=S(=O)([O-])C(F)(F)F.O=S(=O)([O-])C(F)(F)F.[Co+3].[Co+3].[O-]c1c2cccc1Oc1cccc(c1[O-])C=Nc1ccccc1N=Cc1cccc(c1[O-])Oc1cccc(c1[O-])C=Nc1ccccc1N=C2. The van der Waals surface area contributed by atoms with E-state index in [-0.39, 0.29) is 78.8 Å². The molecule has 11 rings (SSSR count). The van der Waals surface area contributed by atoms with Crippen LogP contribution < -0.4 is 51.2 Å². The number of hydrogen-bond acceptors (Lipinski definition) is 22. The fourth-order valence-electron chi connectivity index (χ4n) is 8.22. The quantitative estimate of drug-likeness (QED) is 0.0468. The van der Waals surface area contributed by atoms with E-state index in [9.17, 15) is 46.8 Å². The molecule has 0 aliphatic carbocycles. The molecule has 4 saturated heterocycles. The average molecular weight is 1480 g/mol. The molecule has 6 N–H and O–H groups in total. The van der Waals surface area contributed by atoms with Gasteiger partial charge in [-0.2, -0.15) is 26.3 Å². The number of nitrogens with zero attached hydrogens (tertiary/aromatic N) is 4. The summed E-state index contributed by atoms with van der Waals surface area (Å²) in [7, 11) is -10.2. The largest absolute Gasteiger partial charge is 3.00 e. The molecule has 5 aliphatic rings. The van der Waals surface area contributed by atoms with Gasteiger partial charge in [-0.1, -0.05) is 121 Å². The number of halogens is 6. The van der Waals surface area contributed by atoms with Crippen molar-refractivity contribution in [1.29, 1.82) is 0 Å². The zero-order chi connectivity index (χ0) is 69.4. The molecule has 96 heavy (non-hydrogen) atoms. The number of nitrogens with one attached hydrogen (secondary N) is 4. The molecule has 528 valence electrons. The molecule has 0 aromatic heterocycles. The molecule has 0 atom stereocenters. The zero-order valence-corrected chi connectivity index (χ0v) is 56.0. The van der Waals surface area contributed by atoms with Crippen molar-refractivity contribution in [2.24, 2.45) is 20.0 Å². The zero-order valence-electron chi connectivity index (χ0n) is 52.3. The standard InChI is InChI=1S/C40H28N4O6.4C5H11N.2CHF3O3S.2CH4O.2Co/c45-37-25-9-5-17-33(37)49-35-19-7-11-27(39(35)47)23-43-31-15-3-4-16-32(31)44-24-28-12-8-20-36(40(28)48)50-34-18-6-10-26(38(34)46)22-42-30-14-2-1-13-29(30)41-21-25;4*1-2-4-6-5-3-1;2*2-1(3,4)8(5,6)7;2*1-2;;/h1-24,45-48H;4*6H,1-5H2;2*(H,5,6,7);2*2H,1H3;;/q;;;;;;;;;2*+3/p-6. The molecule has 5 heterocycles. The minimum Gasteiger partial charge on any atom is -0.870 e. The summed E-state index contributed by atoms with van der Waals surface area (Å²) < 4.78 is 129. The van der Waals surface area contributed by atoms with Crippen LogP contribution in [0.25, 0.3) is 0 Å². The van der Waals surface area contributed by atoms with Crippen molar-refractivity contribution >= 4 is 67.8 Å². The number of aliphatic imine (C=N–C) groups is 4. The maximum absolute atomic E-state index is 13.4. The molecule has 0 saturated carbocycles. The van der Waals surface area contributed by atoms with E-state index in [1.165, 1.54) is 179 Å². The van der Waals surface area contributed by atoms with E-state index in [1.807, 2.05) is 0 Å². The monoisotopic (exact) mass is 1480 g/mol. The van der Waals surface area contributed by atoms with Crippen molar-refractivity contribution in [1.82, 2.24) is 21.3 Å². The number of ether oxygens (including phenoxy) is 2. The third-order valence-corrected chi connectivity index (χ3v) is 14.1. The Morgan fingerprint density at radius 1 is 0.344 bits per heavy atom. The molecule has 6 aromatic rings. The third-order valence-electron chi connectivity index (χ3n) is 13.0. The van der Waals surface area contributed by atoms with Gasteiger partial charge in [-0.25, -0.2) is 16.8 Å². The van der Waals surface area contributed by atoms with Gasteiger partial charge in [0.25, 0.3) is 0 Å². The molecule has 0 amide bonds. The Morgan fingerprint density at radius 2 is 0.521 bits per heavy atom. The first kappa shape index (κ1) is 87.0. The molecule has 6 aromatic carbocycles. The molecule has 4 fully saturated rings. The van der Waals surface area contributed by atoms with E-state index in [4.69, 9.17) is 45.6 Å². The average Bonchev–Trinajstić information content (AvgIpc) is 0.836. The number of aliphatic hydroxyl groups is 2. The number of rotatable bonds is 0. The summed E-state index contributed by atoms with van der Waals surface area (Å²) in [4.78, 5) is 17.9. The van der Waals surface area contributed by atoms with Gasteiger partial charge in [0.15, 0.2) is 20.2 Å². The maximum atomic E-state index is 13.4. The maximum Gasteiger partial charge on any atom is 3.00 e. The van der Waals surface area contributed by atoms with Gasteiger partial charge in [0.1, 0.15) is 23.0 Å². The van der Waals surface area contributed by atoms with Crippen molar-refractivity contribution in [3.05, 3.63) is 144 Å². The van der Waals surface area contributed by atoms with Crippen molar-refractivity contribution in [2.45, 2.75) is 88.1 Å². The molecule has 22 nitrogen and oxygen atoms in total. The van der Waals surface area contributed by atoms with Gasteiger partial charge in [-0.15, -0.1) is 0 Å². The second-order valence-corrected chi connectivity index (χ2v) is 22.7. The van der Waals surface area contributed by atoms with Crippen LogP contribution >= 0.6 is 0 Å². The Balaban J connectivity index is 0.000000799. The number of benzene rings is 6. The van der Waals surface area contributed by atoms with Crippen LogP contribution in [0.5, 0.6) is 46.0 Å². The summed E-state index contributed by atoms with van der Waals surface area (Å²) in [5, 5.41) is 80.5. The van der Waals surface area contributed by atoms with Crippen molar-refractivity contribution in [2.75, 3.05) is 66.6 Å². The Kier molecular flexibility index (Phi) is 42.6. The van der Waals surface area contributed by atoms with Crippen LogP contribution in [-0.2, 0) is 53.8 Å². The van der Waals surface area contributed by atoms with Crippen LogP contribution in [-0.4, -0.2) is 139 Å². The molecule has 0 spiro atoms. The van der Waals surface area contributed by atoms with Gasteiger partial charge < -0.3 is 70.5 Å². The molecule has 0 unspecified atom stereocenters. The number of fused-ring (bicyclic) bond motifs is 10. The molecule has 8 bridgehead atoms. The van der Waals surface area contributed by atoms with Gasteiger partial charge in [0, 0.05) is 39.1 Å². The van der Waals surface area contributed by atoms with Gasteiger partial charge in [-0.05, 0) is 175 Å². The number of para-hydroxylation sites is 8. The van der Waals surface area contributed by atoms with Crippen molar-refractivity contribution in [3.63, 3.8) is 0 Å². The summed E-state index contributed by atoms with van der Waals surface area (Å²) >= 11 is 0. The first-order chi connectivity index (χ1) is 44.9. The van der Waals surface area contributed by atoms with E-state index < -0.39 is 54.3 Å². The number of hydrogen-bond donors (Lipinski definition) is 6. The number of piperidine rings is 4. The molecular weight excluding hydrogens is 1400 g/mol. The summed E-state index contributed by atoms with van der Waals surface area (Å²) in [6.45, 7) is 10.0. The van der Waals surface area contributed by atoms with Gasteiger partial charge in [0.2, 0.25) is 0 Å². The van der Waals surface area contributed by atoms with Gasteiger partial charge in [-0.3, -0.25) is 20.0 Å². The number of alkyl halides is 6. The Morgan fingerprint density at radius 3 is 0.656 bits per heavy atom. The second kappa shape index (κ2) is 47.0. The third kappa shape index (κ3) is 32.3. The predicted octanol–water partition coefficient (Wildman–Crippen LogP) is 9.24. The van der Waals surface area contributed by atoms with Gasteiger partial charge in [0.05, 0.1) is 22.7 Å². The minimum atomic E-state index is -6.09. The Hall–Kier alpha value is -7.03. The smallest absolute Gasteiger partial charge is 0.870 e. The summed E-state index contributed by atoms with van der Waals surface area (Å²) in [5.41, 5.74) is -8.68. The van der Waals surface area contributed by atoms with Crippen molar-refractivity contribution < 1.29 is 126 Å². The van der Waals surface area contributed by atoms with E-state index in [2.05, 4.69) is 41.2 Å². The Labute approximate surface area is 576 Å². The summed E-state index contributed by atoms with van der Waals surface area (Å²) in [6, 6.07) is 32.6. The van der Waals surface area contributed by atoms with E-state index in [0.29, 0.717) is 22.7 Å². The van der Waals surface area contributed by atoms with Gasteiger partial charge >= 0.3 is 44.6 Å². The van der Waals surface area contributed by atoms with E-state index >= 15 is 0 Å². The van der Waals surface area contributed by atoms with Crippen LogP contribution in [0.4, 0.5) is 49.1 Å². The van der Waals surface area contributed by atoms with Crippen LogP contribution in [0.1, 0.15) is 99.3 Å². The molecule has 32 heteroatoms. The van der Waals surface area contributed by atoms with Crippen LogP contribution in [0.3, 0.4) is 0 Å². The Bertz CT molecular complexity index is 3100. The summed E-state index contributed by atoms with van der Waals surface area (Å²) in [5.74, 6) is -2.10. The van der Waals surface area contributed by atoms with E-state index in [1.54, 1.807) is 97.1 Å². The second-order valence-electron chi connectivity index (χ2n) is 20.0. The predicted molar refractivity (Wildman–Crippen MR) is 340 cm³/mol.